The van der Waals surface area contributed by atoms with Gasteiger partial charge in [0.2, 0.25) is 0 Å². The van der Waals surface area contributed by atoms with Gasteiger partial charge in [0.1, 0.15) is 18.1 Å². The SMILES string of the molecule is C=CCCC1=C(C(=O)OCC)CC(C(=O)OCc2ccccc2)=C(C)O1. The third-order valence-electron chi connectivity index (χ3n) is 3.95. The third-order valence-corrected chi connectivity index (χ3v) is 3.95. The van der Waals surface area contributed by atoms with Crippen LogP contribution in [-0.4, -0.2) is 18.5 Å². The molecule has 0 aliphatic carbocycles. The van der Waals surface area contributed by atoms with Crippen molar-refractivity contribution in [1.82, 2.24) is 0 Å². The van der Waals surface area contributed by atoms with Gasteiger partial charge in [0.25, 0.3) is 0 Å². The summed E-state index contributed by atoms with van der Waals surface area (Å²) in [6, 6.07) is 9.41. The van der Waals surface area contributed by atoms with Crippen LogP contribution in [0.4, 0.5) is 0 Å². The van der Waals surface area contributed by atoms with Gasteiger partial charge in [-0.3, -0.25) is 0 Å². The molecule has 5 heteroatoms. The van der Waals surface area contributed by atoms with Crippen LogP contribution >= 0.6 is 0 Å². The van der Waals surface area contributed by atoms with E-state index in [-0.39, 0.29) is 19.6 Å². The predicted octanol–water partition coefficient (Wildman–Crippen LogP) is 4.21. The molecule has 0 aromatic heterocycles. The molecule has 0 N–H and O–H groups in total. The van der Waals surface area contributed by atoms with Crippen LogP contribution in [0.2, 0.25) is 0 Å². The molecule has 138 valence electrons. The maximum atomic E-state index is 12.5. The topological polar surface area (TPSA) is 61.8 Å². The summed E-state index contributed by atoms with van der Waals surface area (Å²) in [6.45, 7) is 7.55. The summed E-state index contributed by atoms with van der Waals surface area (Å²) in [5.41, 5.74) is 1.60. The summed E-state index contributed by atoms with van der Waals surface area (Å²) in [7, 11) is 0. The van der Waals surface area contributed by atoms with Crippen molar-refractivity contribution in [2.75, 3.05) is 6.61 Å². The van der Waals surface area contributed by atoms with Gasteiger partial charge in [-0.05, 0) is 25.8 Å². The molecule has 0 saturated heterocycles. The smallest absolute Gasteiger partial charge is 0.338 e. The molecule has 26 heavy (non-hydrogen) atoms. The van der Waals surface area contributed by atoms with Crippen molar-refractivity contribution in [3.8, 4) is 0 Å². The number of hydrogen-bond acceptors (Lipinski definition) is 5. The fourth-order valence-electron chi connectivity index (χ4n) is 2.57. The van der Waals surface area contributed by atoms with Crippen molar-refractivity contribution in [3.63, 3.8) is 0 Å². The average molecular weight is 356 g/mol. The minimum atomic E-state index is -0.490. The third kappa shape index (κ3) is 5.09. The Balaban J connectivity index is 2.12. The normalized spacial score (nSPS) is 13.9. The molecule has 0 unspecified atom stereocenters. The summed E-state index contributed by atoms with van der Waals surface area (Å²) in [5, 5.41) is 0. The van der Waals surface area contributed by atoms with Crippen LogP contribution < -0.4 is 0 Å². The maximum absolute atomic E-state index is 12.5. The molecule has 0 amide bonds. The van der Waals surface area contributed by atoms with E-state index in [4.69, 9.17) is 14.2 Å². The summed E-state index contributed by atoms with van der Waals surface area (Å²) in [5.74, 6) is 0.0268. The number of esters is 2. The largest absolute Gasteiger partial charge is 0.465 e. The van der Waals surface area contributed by atoms with E-state index >= 15 is 0 Å². The Morgan fingerprint density at radius 3 is 2.50 bits per heavy atom. The zero-order valence-electron chi connectivity index (χ0n) is 15.2. The first kappa shape index (κ1) is 19.5. The van der Waals surface area contributed by atoms with Crippen molar-refractivity contribution >= 4 is 11.9 Å². The molecule has 1 aliphatic rings. The summed E-state index contributed by atoms with van der Waals surface area (Å²) < 4.78 is 16.2. The van der Waals surface area contributed by atoms with Crippen molar-refractivity contribution in [2.45, 2.75) is 39.7 Å². The van der Waals surface area contributed by atoms with Crippen LogP contribution in [0, 0.1) is 0 Å². The van der Waals surface area contributed by atoms with Crippen LogP contribution in [0.5, 0.6) is 0 Å². The molecule has 0 bridgehead atoms. The Hall–Kier alpha value is -2.82. The molecule has 5 nitrogen and oxygen atoms in total. The van der Waals surface area contributed by atoms with E-state index in [9.17, 15) is 9.59 Å². The molecule has 0 fully saturated rings. The van der Waals surface area contributed by atoms with Gasteiger partial charge in [-0.1, -0.05) is 36.4 Å². The number of benzene rings is 1. The first-order chi connectivity index (χ1) is 12.6. The Kier molecular flexibility index (Phi) is 7.21. The number of allylic oxidation sites excluding steroid dienone is 3. The average Bonchev–Trinajstić information content (AvgIpc) is 2.65. The number of hydrogen-bond donors (Lipinski definition) is 0. The highest BCUT2D eigenvalue weighted by molar-refractivity contribution is 5.96. The van der Waals surface area contributed by atoms with Gasteiger partial charge in [-0.2, -0.15) is 0 Å². The van der Waals surface area contributed by atoms with Crippen LogP contribution in [-0.2, 0) is 30.4 Å². The van der Waals surface area contributed by atoms with Gasteiger partial charge in [0, 0.05) is 12.8 Å². The number of ether oxygens (including phenoxy) is 3. The molecule has 1 aromatic carbocycles. The van der Waals surface area contributed by atoms with Crippen LogP contribution in [0.3, 0.4) is 0 Å². The second-order valence-corrected chi connectivity index (χ2v) is 5.82. The first-order valence-corrected chi connectivity index (χ1v) is 8.65. The molecular formula is C21H24O5. The summed E-state index contributed by atoms with van der Waals surface area (Å²) in [4.78, 5) is 24.7. The van der Waals surface area contributed by atoms with E-state index in [0.717, 1.165) is 5.56 Å². The molecule has 1 heterocycles. The van der Waals surface area contributed by atoms with Gasteiger partial charge in [0.05, 0.1) is 17.8 Å². The van der Waals surface area contributed by atoms with E-state index in [1.165, 1.54) is 0 Å². The molecule has 1 aliphatic heterocycles. The number of rotatable bonds is 8. The highest BCUT2D eigenvalue weighted by atomic mass is 16.5. The standard InChI is InChI=1S/C21H24O5/c1-4-6-12-19-18(21(23)24-5-2)13-17(15(3)26-19)20(22)25-14-16-10-8-7-9-11-16/h4,7-11H,1,5-6,12-14H2,2-3H3. The molecule has 2 rings (SSSR count). The molecule has 0 saturated carbocycles. The van der Waals surface area contributed by atoms with Gasteiger partial charge in [0.15, 0.2) is 0 Å². The van der Waals surface area contributed by atoms with E-state index in [0.29, 0.717) is 35.5 Å². The highest BCUT2D eigenvalue weighted by Crippen LogP contribution is 2.31. The Morgan fingerprint density at radius 2 is 1.85 bits per heavy atom. The van der Waals surface area contributed by atoms with Crippen LogP contribution in [0.25, 0.3) is 0 Å². The molecule has 0 radical (unpaired) electrons. The predicted molar refractivity (Wildman–Crippen MR) is 97.7 cm³/mol. The van der Waals surface area contributed by atoms with E-state index < -0.39 is 11.9 Å². The zero-order chi connectivity index (χ0) is 18.9. The zero-order valence-corrected chi connectivity index (χ0v) is 15.2. The van der Waals surface area contributed by atoms with Crippen molar-refractivity contribution in [1.29, 1.82) is 0 Å². The summed E-state index contributed by atoms with van der Waals surface area (Å²) >= 11 is 0. The second-order valence-electron chi connectivity index (χ2n) is 5.82. The van der Waals surface area contributed by atoms with E-state index in [1.54, 1.807) is 19.9 Å². The second kappa shape index (κ2) is 9.61. The van der Waals surface area contributed by atoms with Gasteiger partial charge < -0.3 is 14.2 Å². The fraction of sp³-hybridized carbons (Fsp3) is 0.333. The lowest BCUT2D eigenvalue weighted by Crippen LogP contribution is -2.21. The maximum Gasteiger partial charge on any atom is 0.338 e. The molecular weight excluding hydrogens is 332 g/mol. The lowest BCUT2D eigenvalue weighted by molar-refractivity contribution is -0.141. The lowest BCUT2D eigenvalue weighted by Gasteiger charge is -2.23. The molecule has 0 spiro atoms. The van der Waals surface area contributed by atoms with Crippen molar-refractivity contribution < 1.29 is 23.8 Å². The minimum absolute atomic E-state index is 0.144. The fourth-order valence-corrected chi connectivity index (χ4v) is 2.57. The molecule has 0 atom stereocenters. The Labute approximate surface area is 153 Å². The van der Waals surface area contributed by atoms with Gasteiger partial charge in [-0.15, -0.1) is 6.58 Å². The van der Waals surface area contributed by atoms with E-state index in [2.05, 4.69) is 6.58 Å². The molecule has 1 aromatic rings. The van der Waals surface area contributed by atoms with Gasteiger partial charge in [-0.25, -0.2) is 9.59 Å². The summed E-state index contributed by atoms with van der Waals surface area (Å²) in [6.07, 6.45) is 3.09. The quantitative estimate of drug-likeness (QED) is 0.516. The highest BCUT2D eigenvalue weighted by Gasteiger charge is 2.29. The van der Waals surface area contributed by atoms with Crippen molar-refractivity contribution in [3.05, 3.63) is 71.2 Å². The number of carbonyl (C=O) groups excluding carboxylic acids is 2. The number of carbonyl (C=O) groups is 2. The lowest BCUT2D eigenvalue weighted by atomic mass is 9.98. The van der Waals surface area contributed by atoms with E-state index in [1.807, 2.05) is 30.3 Å². The monoisotopic (exact) mass is 356 g/mol. The van der Waals surface area contributed by atoms with Crippen LogP contribution in [0.15, 0.2) is 65.7 Å². The first-order valence-electron chi connectivity index (χ1n) is 8.65. The van der Waals surface area contributed by atoms with Gasteiger partial charge >= 0.3 is 11.9 Å². The Morgan fingerprint density at radius 1 is 1.15 bits per heavy atom. The van der Waals surface area contributed by atoms with Crippen LogP contribution in [0.1, 0.15) is 38.7 Å². The Bertz CT molecular complexity index is 728. The minimum Gasteiger partial charge on any atom is -0.465 e. The van der Waals surface area contributed by atoms with Crippen molar-refractivity contribution in [2.24, 2.45) is 0 Å².